The molecule has 0 aromatic heterocycles. The summed E-state index contributed by atoms with van der Waals surface area (Å²) in [6, 6.07) is 6.38. The molecule has 13 heavy (non-hydrogen) atoms. The van der Waals surface area contributed by atoms with Crippen LogP contribution in [0.25, 0.3) is 0 Å². The van der Waals surface area contributed by atoms with E-state index in [0.717, 1.165) is 0 Å². The van der Waals surface area contributed by atoms with Crippen molar-refractivity contribution in [3.05, 3.63) is 23.8 Å². The number of anilines is 2. The Balaban J connectivity index is 3.26. The molecule has 0 spiro atoms. The molecule has 1 aromatic rings. The third kappa shape index (κ3) is 1.94. The monoisotopic (exact) mass is 178 g/mol. The number of nitrogens with zero attached hydrogens (tertiary/aromatic N) is 2. The summed E-state index contributed by atoms with van der Waals surface area (Å²) < 4.78 is 0. The van der Waals surface area contributed by atoms with E-state index in [9.17, 15) is 0 Å². The predicted molar refractivity (Wildman–Crippen MR) is 59.8 cm³/mol. The second-order valence-electron chi connectivity index (χ2n) is 3.73. The van der Waals surface area contributed by atoms with Crippen LogP contribution in [0.15, 0.2) is 18.2 Å². The van der Waals surface area contributed by atoms with E-state index in [1.54, 1.807) is 0 Å². The van der Waals surface area contributed by atoms with Crippen LogP contribution in [-0.4, -0.2) is 28.2 Å². The first-order valence-corrected chi connectivity index (χ1v) is 4.48. The second kappa shape index (κ2) is 3.69. The van der Waals surface area contributed by atoms with Crippen molar-refractivity contribution < 1.29 is 0 Å². The summed E-state index contributed by atoms with van der Waals surface area (Å²) in [7, 11) is 8.30. The van der Waals surface area contributed by atoms with E-state index in [1.807, 2.05) is 0 Å². The fraction of sp³-hybridized carbons (Fsp3) is 0.455. The summed E-state index contributed by atoms with van der Waals surface area (Å²) >= 11 is 0. The largest absolute Gasteiger partial charge is 0.376 e. The Morgan fingerprint density at radius 1 is 0.923 bits per heavy atom. The van der Waals surface area contributed by atoms with Crippen LogP contribution in [0.4, 0.5) is 11.4 Å². The molecule has 72 valence electrons. The molecule has 0 bridgehead atoms. The van der Waals surface area contributed by atoms with Gasteiger partial charge in [0, 0.05) is 28.2 Å². The zero-order valence-corrected chi connectivity index (χ0v) is 9.13. The molecule has 0 radical (unpaired) electrons. The molecule has 0 unspecified atom stereocenters. The molecular weight excluding hydrogens is 160 g/mol. The molecule has 0 saturated heterocycles. The lowest BCUT2D eigenvalue weighted by molar-refractivity contribution is 1.06. The molecule has 0 atom stereocenters. The van der Waals surface area contributed by atoms with Gasteiger partial charge in [-0.2, -0.15) is 0 Å². The Bertz CT molecular complexity index is 290. The minimum atomic E-state index is 1.27. The summed E-state index contributed by atoms with van der Waals surface area (Å²) in [6.07, 6.45) is 0. The van der Waals surface area contributed by atoms with Gasteiger partial charge < -0.3 is 9.80 Å². The molecule has 1 rings (SSSR count). The van der Waals surface area contributed by atoms with E-state index in [1.165, 1.54) is 16.9 Å². The van der Waals surface area contributed by atoms with Gasteiger partial charge >= 0.3 is 0 Å². The van der Waals surface area contributed by atoms with Crippen molar-refractivity contribution >= 4 is 11.4 Å². The standard InChI is InChI=1S/C11H18N2/c1-9-7-6-8-10(12(2)3)11(9)13(4)5/h6-8H,1-5H3. The average Bonchev–Trinajstić information content (AvgIpc) is 2.02. The molecule has 0 amide bonds. The molecule has 0 N–H and O–H groups in total. The van der Waals surface area contributed by atoms with Crippen LogP contribution in [0.2, 0.25) is 0 Å². The van der Waals surface area contributed by atoms with Crippen LogP contribution in [0, 0.1) is 6.92 Å². The highest BCUT2D eigenvalue weighted by Crippen LogP contribution is 2.29. The lowest BCUT2D eigenvalue weighted by Gasteiger charge is -2.24. The predicted octanol–water partition coefficient (Wildman–Crippen LogP) is 2.13. The van der Waals surface area contributed by atoms with Crippen molar-refractivity contribution in [3.8, 4) is 0 Å². The second-order valence-corrected chi connectivity index (χ2v) is 3.73. The van der Waals surface area contributed by atoms with Crippen LogP contribution in [0.3, 0.4) is 0 Å². The summed E-state index contributed by atoms with van der Waals surface area (Å²) in [6.45, 7) is 2.14. The fourth-order valence-electron chi connectivity index (χ4n) is 1.59. The smallest absolute Gasteiger partial charge is 0.0628 e. The van der Waals surface area contributed by atoms with Gasteiger partial charge in [0.25, 0.3) is 0 Å². The maximum absolute atomic E-state index is 2.16. The lowest BCUT2D eigenvalue weighted by atomic mass is 10.1. The topological polar surface area (TPSA) is 6.48 Å². The maximum atomic E-state index is 2.16. The summed E-state index contributed by atoms with van der Waals surface area (Å²) in [4.78, 5) is 4.30. The van der Waals surface area contributed by atoms with Crippen LogP contribution < -0.4 is 9.80 Å². The van der Waals surface area contributed by atoms with E-state index in [-0.39, 0.29) is 0 Å². The van der Waals surface area contributed by atoms with E-state index in [4.69, 9.17) is 0 Å². The molecule has 0 heterocycles. The third-order valence-electron chi connectivity index (χ3n) is 2.15. The molecule has 0 fully saturated rings. The van der Waals surface area contributed by atoms with Gasteiger partial charge in [0.1, 0.15) is 0 Å². The highest BCUT2D eigenvalue weighted by Gasteiger charge is 2.07. The number of benzene rings is 1. The molecule has 0 aliphatic carbocycles. The highest BCUT2D eigenvalue weighted by molar-refractivity contribution is 5.73. The van der Waals surface area contributed by atoms with Crippen molar-refractivity contribution in [2.45, 2.75) is 6.92 Å². The zero-order valence-electron chi connectivity index (χ0n) is 9.13. The minimum absolute atomic E-state index is 1.27. The Hall–Kier alpha value is -1.18. The number of rotatable bonds is 2. The first-order valence-electron chi connectivity index (χ1n) is 4.48. The quantitative estimate of drug-likeness (QED) is 0.684. The molecule has 1 aromatic carbocycles. The van der Waals surface area contributed by atoms with Crippen molar-refractivity contribution in [1.82, 2.24) is 0 Å². The van der Waals surface area contributed by atoms with Crippen LogP contribution >= 0.6 is 0 Å². The molecule has 0 aliphatic rings. The van der Waals surface area contributed by atoms with Gasteiger partial charge in [0.15, 0.2) is 0 Å². The fourth-order valence-corrected chi connectivity index (χ4v) is 1.59. The van der Waals surface area contributed by atoms with Crippen LogP contribution in [0.1, 0.15) is 5.56 Å². The van der Waals surface area contributed by atoms with Crippen LogP contribution in [-0.2, 0) is 0 Å². The summed E-state index contributed by atoms with van der Waals surface area (Å²) in [5.41, 5.74) is 3.88. The summed E-state index contributed by atoms with van der Waals surface area (Å²) in [5, 5.41) is 0. The Kier molecular flexibility index (Phi) is 2.81. The van der Waals surface area contributed by atoms with E-state index in [2.05, 4.69) is 63.1 Å². The molecular formula is C11H18N2. The number of hydrogen-bond acceptors (Lipinski definition) is 2. The Morgan fingerprint density at radius 2 is 1.54 bits per heavy atom. The molecule has 0 aliphatic heterocycles. The maximum Gasteiger partial charge on any atom is 0.0628 e. The highest BCUT2D eigenvalue weighted by atomic mass is 15.1. The first-order chi connectivity index (χ1) is 6.04. The van der Waals surface area contributed by atoms with Gasteiger partial charge in [-0.1, -0.05) is 12.1 Å². The Morgan fingerprint density at radius 3 is 1.92 bits per heavy atom. The van der Waals surface area contributed by atoms with Gasteiger partial charge in [-0.15, -0.1) is 0 Å². The van der Waals surface area contributed by atoms with Gasteiger partial charge in [-0.3, -0.25) is 0 Å². The van der Waals surface area contributed by atoms with Gasteiger partial charge in [0.2, 0.25) is 0 Å². The number of para-hydroxylation sites is 1. The van der Waals surface area contributed by atoms with Crippen molar-refractivity contribution in [2.24, 2.45) is 0 Å². The lowest BCUT2D eigenvalue weighted by Crippen LogP contribution is -2.17. The van der Waals surface area contributed by atoms with Gasteiger partial charge in [-0.25, -0.2) is 0 Å². The van der Waals surface area contributed by atoms with E-state index < -0.39 is 0 Å². The normalized spacial score (nSPS) is 9.92. The van der Waals surface area contributed by atoms with Crippen molar-refractivity contribution in [2.75, 3.05) is 38.0 Å². The van der Waals surface area contributed by atoms with Crippen molar-refractivity contribution in [1.29, 1.82) is 0 Å². The van der Waals surface area contributed by atoms with Gasteiger partial charge in [0.05, 0.1) is 11.4 Å². The van der Waals surface area contributed by atoms with Crippen LogP contribution in [0.5, 0.6) is 0 Å². The third-order valence-corrected chi connectivity index (χ3v) is 2.15. The van der Waals surface area contributed by atoms with E-state index >= 15 is 0 Å². The van der Waals surface area contributed by atoms with Gasteiger partial charge in [-0.05, 0) is 18.6 Å². The van der Waals surface area contributed by atoms with E-state index in [0.29, 0.717) is 0 Å². The average molecular weight is 178 g/mol. The molecule has 2 nitrogen and oxygen atoms in total. The summed E-state index contributed by atoms with van der Waals surface area (Å²) in [5.74, 6) is 0. The minimum Gasteiger partial charge on any atom is -0.376 e. The molecule has 0 saturated carbocycles. The molecule has 2 heteroatoms. The Labute approximate surface area is 80.8 Å². The van der Waals surface area contributed by atoms with Crippen molar-refractivity contribution in [3.63, 3.8) is 0 Å². The SMILES string of the molecule is Cc1cccc(N(C)C)c1N(C)C. The zero-order chi connectivity index (χ0) is 10.0. The number of aryl methyl sites for hydroxylation is 1. The first kappa shape index (κ1) is 9.90. The number of hydrogen-bond donors (Lipinski definition) is 0.